The van der Waals surface area contributed by atoms with Gasteiger partial charge in [-0.05, 0) is 38.2 Å². The van der Waals surface area contributed by atoms with Crippen molar-refractivity contribution < 1.29 is 27.6 Å². The van der Waals surface area contributed by atoms with E-state index in [2.05, 4.69) is 31.3 Å². The molecule has 50 heavy (non-hydrogen) atoms. The molecular formula is C34H47N9O6S. The highest BCUT2D eigenvalue weighted by atomic mass is 32.2. The summed E-state index contributed by atoms with van der Waals surface area (Å²) in [5.74, 6) is -1.46. The first-order chi connectivity index (χ1) is 23.7. The number of nitrogens with one attached hydrogen (secondary N) is 4. The van der Waals surface area contributed by atoms with Crippen molar-refractivity contribution in [3.05, 3.63) is 72.1 Å². The molecule has 0 radical (unpaired) electrons. The largest absolute Gasteiger partial charge is 0.354 e. The second-order valence-electron chi connectivity index (χ2n) is 12.8. The van der Waals surface area contributed by atoms with E-state index in [0.29, 0.717) is 18.1 Å². The van der Waals surface area contributed by atoms with Crippen LogP contribution in [0.5, 0.6) is 0 Å². The third-order valence-corrected chi connectivity index (χ3v) is 9.96. The molecular weight excluding hydrogens is 662 g/mol. The van der Waals surface area contributed by atoms with Gasteiger partial charge in [-0.3, -0.25) is 19.2 Å². The van der Waals surface area contributed by atoms with Crippen LogP contribution in [0.4, 0.5) is 0 Å². The minimum absolute atomic E-state index is 0.0246. The van der Waals surface area contributed by atoms with Gasteiger partial charge in [-0.1, -0.05) is 74.5 Å². The van der Waals surface area contributed by atoms with Crippen molar-refractivity contribution in [3.63, 3.8) is 0 Å². The fraction of sp³-hybridized carbons (Fsp3) is 0.471. The average Bonchev–Trinajstić information content (AvgIpc) is 3.49. The number of carbonyl (C=O) groups excluding carboxylic acids is 4. The molecule has 3 atom stereocenters. The lowest BCUT2D eigenvalue weighted by atomic mass is 10.0. The second kappa shape index (κ2) is 17.3. The van der Waals surface area contributed by atoms with Crippen LogP contribution in [-0.2, 0) is 42.5 Å². The normalized spacial score (nSPS) is 20.9. The third kappa shape index (κ3) is 10.4. The van der Waals surface area contributed by atoms with Gasteiger partial charge in [0.15, 0.2) is 5.82 Å². The second-order valence-corrected chi connectivity index (χ2v) is 14.8. The lowest BCUT2D eigenvalue weighted by Gasteiger charge is -2.28. The van der Waals surface area contributed by atoms with Crippen LogP contribution in [0.1, 0.15) is 58.0 Å². The molecule has 0 unspecified atom stereocenters. The van der Waals surface area contributed by atoms with Crippen LogP contribution in [0.3, 0.4) is 0 Å². The first kappa shape index (κ1) is 38.1. The molecule has 270 valence electrons. The molecule has 4 rings (SSSR count). The predicted molar refractivity (Wildman–Crippen MR) is 187 cm³/mol. The Morgan fingerprint density at radius 3 is 2.18 bits per heavy atom. The topological polar surface area (TPSA) is 188 Å². The Morgan fingerprint density at radius 1 is 0.860 bits per heavy atom. The molecule has 2 aromatic carbocycles. The number of hydrogen-bond acceptors (Lipinski definition) is 8. The Hall–Kier alpha value is -4.67. The molecule has 2 heterocycles. The maximum absolute atomic E-state index is 13.7. The summed E-state index contributed by atoms with van der Waals surface area (Å²) in [6, 6.07) is 15.5. The minimum Gasteiger partial charge on any atom is -0.354 e. The zero-order valence-corrected chi connectivity index (χ0v) is 29.9. The molecule has 0 aliphatic carbocycles. The zero-order chi connectivity index (χ0) is 36.4. The molecule has 1 aromatic heterocycles. The number of fused-ring (bicyclic) bond motifs is 1. The van der Waals surface area contributed by atoms with E-state index in [-0.39, 0.29) is 38.5 Å². The summed E-state index contributed by atoms with van der Waals surface area (Å²) in [6.45, 7) is 6.30. The summed E-state index contributed by atoms with van der Waals surface area (Å²) in [6.07, 6.45) is 0.491. The molecule has 0 saturated carbocycles. The summed E-state index contributed by atoms with van der Waals surface area (Å²) < 4.78 is 31.0. The monoisotopic (exact) mass is 709 g/mol. The van der Waals surface area contributed by atoms with Gasteiger partial charge in [-0.25, -0.2) is 9.67 Å². The van der Waals surface area contributed by atoms with E-state index in [4.69, 9.17) is 0 Å². The summed E-state index contributed by atoms with van der Waals surface area (Å²) in [7, 11) is -2.73. The molecule has 0 spiro atoms. The van der Waals surface area contributed by atoms with Crippen molar-refractivity contribution in [2.75, 3.05) is 26.7 Å². The van der Waals surface area contributed by atoms with Gasteiger partial charge in [0, 0.05) is 32.2 Å². The number of rotatable bonds is 7. The van der Waals surface area contributed by atoms with E-state index in [9.17, 15) is 27.6 Å². The Morgan fingerprint density at radius 2 is 1.52 bits per heavy atom. The molecule has 0 saturated heterocycles. The Bertz CT molecular complexity index is 1730. The Balaban J connectivity index is 1.63. The van der Waals surface area contributed by atoms with Crippen LogP contribution in [0.15, 0.2) is 60.7 Å². The van der Waals surface area contributed by atoms with Gasteiger partial charge in [-0.2, -0.15) is 22.1 Å². The van der Waals surface area contributed by atoms with Crippen LogP contribution < -0.4 is 21.3 Å². The SMILES string of the molecule is CC(C)C[C@H]1NC(=O)[C@@H](C)NC(=O)CN(S(=O)(=O)N(C)Cc2ccccc2)CCCNC(=O)Cn2nc(-c3ccccc3)nc2[C@H](C)NC1=O. The van der Waals surface area contributed by atoms with Crippen LogP contribution in [-0.4, -0.2) is 94.2 Å². The smallest absolute Gasteiger partial charge is 0.282 e. The Kier molecular flexibility index (Phi) is 13.2. The lowest BCUT2D eigenvalue weighted by Crippen LogP contribution is -2.55. The van der Waals surface area contributed by atoms with E-state index in [1.54, 1.807) is 31.2 Å². The first-order valence-corrected chi connectivity index (χ1v) is 18.1. The molecule has 0 bridgehead atoms. The van der Waals surface area contributed by atoms with E-state index in [0.717, 1.165) is 19.7 Å². The van der Waals surface area contributed by atoms with Crippen molar-refractivity contribution in [1.82, 2.24) is 44.6 Å². The van der Waals surface area contributed by atoms with E-state index in [1.165, 1.54) is 18.7 Å². The molecule has 16 heteroatoms. The first-order valence-electron chi connectivity index (χ1n) is 16.7. The molecule has 1 aliphatic heterocycles. The highest BCUT2D eigenvalue weighted by Gasteiger charge is 2.31. The van der Waals surface area contributed by atoms with Crippen molar-refractivity contribution >= 4 is 33.8 Å². The predicted octanol–water partition coefficient (Wildman–Crippen LogP) is 1.36. The molecule has 4 N–H and O–H groups in total. The maximum Gasteiger partial charge on any atom is 0.282 e. The highest BCUT2D eigenvalue weighted by Crippen LogP contribution is 2.20. The van der Waals surface area contributed by atoms with Crippen molar-refractivity contribution in [1.29, 1.82) is 0 Å². The minimum atomic E-state index is -4.15. The van der Waals surface area contributed by atoms with Crippen LogP contribution >= 0.6 is 0 Å². The van der Waals surface area contributed by atoms with Gasteiger partial charge in [-0.15, -0.1) is 0 Å². The highest BCUT2D eigenvalue weighted by molar-refractivity contribution is 7.86. The zero-order valence-electron chi connectivity index (χ0n) is 29.1. The summed E-state index contributed by atoms with van der Waals surface area (Å²) in [4.78, 5) is 57.9. The summed E-state index contributed by atoms with van der Waals surface area (Å²) >= 11 is 0. The van der Waals surface area contributed by atoms with Gasteiger partial charge in [0.25, 0.3) is 10.2 Å². The number of carbonyl (C=O) groups is 4. The number of hydrogen-bond donors (Lipinski definition) is 4. The Labute approximate surface area is 293 Å². The van der Waals surface area contributed by atoms with Gasteiger partial charge >= 0.3 is 0 Å². The average molecular weight is 710 g/mol. The van der Waals surface area contributed by atoms with E-state index >= 15 is 0 Å². The van der Waals surface area contributed by atoms with E-state index in [1.807, 2.05) is 50.2 Å². The van der Waals surface area contributed by atoms with Crippen LogP contribution in [0.2, 0.25) is 0 Å². The maximum atomic E-state index is 13.7. The fourth-order valence-electron chi connectivity index (χ4n) is 5.46. The van der Waals surface area contributed by atoms with Crippen LogP contribution in [0, 0.1) is 5.92 Å². The van der Waals surface area contributed by atoms with Crippen molar-refractivity contribution in [3.8, 4) is 11.4 Å². The molecule has 4 amide bonds. The standard InChI is InChI=1S/C34H47N9O6S/c1-23(2)19-28-34(47)37-24(3)32-39-31(27-15-10-7-11-16-27)40-43(32)22-29(44)35-17-12-18-42(21-30(45)36-25(4)33(46)38-28)50(48,49)41(5)20-26-13-8-6-9-14-26/h6-11,13-16,23-25,28H,12,17-22H2,1-5H3,(H,35,44)(H,36,45)(H,37,47)(H,38,46)/t24-,25+,28+/m0/s1. The molecule has 15 nitrogen and oxygen atoms in total. The number of amides is 4. The van der Waals surface area contributed by atoms with Gasteiger partial charge < -0.3 is 21.3 Å². The van der Waals surface area contributed by atoms with Crippen molar-refractivity contribution in [2.24, 2.45) is 5.92 Å². The summed E-state index contributed by atoms with van der Waals surface area (Å²) in [5.41, 5.74) is 1.48. The molecule has 3 aromatic rings. The van der Waals surface area contributed by atoms with E-state index < -0.39 is 58.5 Å². The molecule has 1 aliphatic rings. The fourth-order valence-corrected chi connectivity index (χ4v) is 6.81. The van der Waals surface area contributed by atoms with Gasteiger partial charge in [0.05, 0.1) is 12.6 Å². The lowest BCUT2D eigenvalue weighted by molar-refractivity contribution is -0.132. The van der Waals surface area contributed by atoms with Gasteiger partial charge in [0.1, 0.15) is 24.5 Å². The quantitative estimate of drug-likeness (QED) is 0.283. The summed E-state index contributed by atoms with van der Waals surface area (Å²) in [5, 5.41) is 15.6. The molecule has 0 fully saturated rings. The van der Waals surface area contributed by atoms with Crippen LogP contribution in [0.25, 0.3) is 11.4 Å². The third-order valence-electron chi connectivity index (χ3n) is 8.08. The number of nitrogens with zero attached hydrogens (tertiary/aromatic N) is 5. The van der Waals surface area contributed by atoms with Crippen molar-refractivity contribution in [2.45, 2.75) is 71.8 Å². The number of benzene rings is 2. The van der Waals surface area contributed by atoms with Gasteiger partial charge in [0.2, 0.25) is 23.6 Å². The number of aromatic nitrogens is 3.